The summed E-state index contributed by atoms with van der Waals surface area (Å²) in [6.07, 6.45) is 0.156. The molecule has 1 amide bonds. The molecular formula is C20H21N5O5S. The predicted octanol–water partition coefficient (Wildman–Crippen LogP) is 1.92. The van der Waals surface area contributed by atoms with Crippen LogP contribution in [0.5, 0.6) is 5.88 Å². The lowest BCUT2D eigenvalue weighted by molar-refractivity contribution is -0.117. The first-order valence-electron chi connectivity index (χ1n) is 9.47. The van der Waals surface area contributed by atoms with Gasteiger partial charge in [-0.1, -0.05) is 11.2 Å². The monoisotopic (exact) mass is 443 g/mol. The maximum absolute atomic E-state index is 12.6. The molecule has 1 unspecified atom stereocenters. The molecule has 3 aromatic rings. The molecule has 1 aromatic carbocycles. The van der Waals surface area contributed by atoms with Crippen LogP contribution in [0.25, 0.3) is 11.4 Å². The van der Waals surface area contributed by atoms with E-state index in [0.717, 1.165) is 11.3 Å². The number of hydrogen-bond acceptors (Lipinski definition) is 8. The van der Waals surface area contributed by atoms with Crippen LogP contribution in [-0.4, -0.2) is 43.1 Å². The van der Waals surface area contributed by atoms with E-state index in [1.807, 2.05) is 19.9 Å². The predicted molar refractivity (Wildman–Crippen MR) is 111 cm³/mol. The number of aryl methyl sites for hydroxylation is 2. The number of nitrogens with two attached hydrogens (primary N) is 1. The lowest BCUT2D eigenvalue weighted by Gasteiger charge is -2.16. The van der Waals surface area contributed by atoms with E-state index in [0.29, 0.717) is 28.8 Å². The number of methoxy groups -OCH3 is 1. The largest absolute Gasteiger partial charge is 0.480 e. The molecule has 10 nitrogen and oxygen atoms in total. The van der Waals surface area contributed by atoms with Gasteiger partial charge >= 0.3 is 0 Å². The molecule has 11 heteroatoms. The third-order valence-corrected chi connectivity index (χ3v) is 6.01. The molecule has 0 bridgehead atoms. The number of pyridine rings is 1. The van der Waals surface area contributed by atoms with Crippen molar-refractivity contribution in [3.05, 3.63) is 47.5 Å². The number of rotatable bonds is 5. The quantitative estimate of drug-likeness (QED) is 0.630. The molecule has 1 aliphatic rings. The summed E-state index contributed by atoms with van der Waals surface area (Å²) in [4.78, 5) is 22.9. The summed E-state index contributed by atoms with van der Waals surface area (Å²) in [6.45, 7) is 4.04. The summed E-state index contributed by atoms with van der Waals surface area (Å²) < 4.78 is 34.1. The van der Waals surface area contributed by atoms with Crippen LogP contribution >= 0.6 is 0 Å². The van der Waals surface area contributed by atoms with Crippen molar-refractivity contribution in [2.75, 3.05) is 18.6 Å². The van der Waals surface area contributed by atoms with Crippen LogP contribution in [0.3, 0.4) is 0 Å². The summed E-state index contributed by atoms with van der Waals surface area (Å²) in [5.41, 5.74) is 2.77. The van der Waals surface area contributed by atoms with Gasteiger partial charge in [0.2, 0.25) is 33.5 Å². The molecule has 0 aliphatic carbocycles. The Morgan fingerprint density at radius 1 is 1.23 bits per heavy atom. The van der Waals surface area contributed by atoms with Gasteiger partial charge in [0.1, 0.15) is 0 Å². The normalized spacial score (nSPS) is 16.7. The molecule has 3 heterocycles. The SMILES string of the molecule is COc1nc(C)cc(C)c1-c1noc(C2CC(=O)N(c3cccc(S(N)(=O)=O)c3)C2)n1. The average molecular weight is 443 g/mol. The van der Waals surface area contributed by atoms with Gasteiger partial charge < -0.3 is 14.2 Å². The summed E-state index contributed by atoms with van der Waals surface area (Å²) in [7, 11) is -2.35. The Kier molecular flexibility index (Phi) is 5.23. The standard InChI is InChI=1S/C20H21N5O5S/c1-11-7-12(2)22-20(29-3)17(11)18-23-19(30-24-18)13-8-16(26)25(10-13)14-5-4-6-15(9-14)31(21,27)28/h4-7,9,13H,8,10H2,1-3H3,(H2,21,27,28). The van der Waals surface area contributed by atoms with Crippen LogP contribution in [0, 0.1) is 13.8 Å². The Hall–Kier alpha value is -3.31. The van der Waals surface area contributed by atoms with Crippen molar-refractivity contribution in [2.45, 2.75) is 31.1 Å². The molecule has 2 aromatic heterocycles. The van der Waals surface area contributed by atoms with E-state index < -0.39 is 10.0 Å². The molecule has 1 atom stereocenters. The van der Waals surface area contributed by atoms with E-state index in [9.17, 15) is 13.2 Å². The highest BCUT2D eigenvalue weighted by Gasteiger charge is 2.36. The fourth-order valence-corrected chi connectivity index (χ4v) is 4.23. The Morgan fingerprint density at radius 2 is 2.00 bits per heavy atom. The van der Waals surface area contributed by atoms with E-state index in [-0.39, 0.29) is 29.7 Å². The summed E-state index contributed by atoms with van der Waals surface area (Å²) in [5.74, 6) is 0.530. The van der Waals surface area contributed by atoms with E-state index in [1.54, 1.807) is 12.1 Å². The molecule has 31 heavy (non-hydrogen) atoms. The summed E-state index contributed by atoms with van der Waals surface area (Å²) in [5, 5.41) is 9.27. The van der Waals surface area contributed by atoms with Crippen molar-refractivity contribution in [1.82, 2.24) is 15.1 Å². The van der Waals surface area contributed by atoms with Gasteiger partial charge in [-0.25, -0.2) is 18.5 Å². The van der Waals surface area contributed by atoms with E-state index in [2.05, 4.69) is 15.1 Å². The maximum atomic E-state index is 12.6. The van der Waals surface area contributed by atoms with Crippen LogP contribution < -0.4 is 14.8 Å². The van der Waals surface area contributed by atoms with Gasteiger partial charge in [-0.2, -0.15) is 4.98 Å². The molecular weight excluding hydrogens is 422 g/mol. The van der Waals surface area contributed by atoms with Gasteiger partial charge in [0, 0.05) is 24.3 Å². The molecule has 0 radical (unpaired) electrons. The fourth-order valence-electron chi connectivity index (χ4n) is 3.68. The zero-order chi connectivity index (χ0) is 22.3. The van der Waals surface area contributed by atoms with Gasteiger partial charge in [-0.05, 0) is 43.7 Å². The highest BCUT2D eigenvalue weighted by Crippen LogP contribution is 2.35. The van der Waals surface area contributed by atoms with Gasteiger partial charge in [0.15, 0.2) is 0 Å². The molecule has 1 fully saturated rings. The minimum Gasteiger partial charge on any atom is -0.480 e. The van der Waals surface area contributed by atoms with Gasteiger partial charge in [-0.15, -0.1) is 0 Å². The van der Waals surface area contributed by atoms with Crippen LogP contribution in [0.4, 0.5) is 5.69 Å². The van der Waals surface area contributed by atoms with Crippen LogP contribution in [-0.2, 0) is 14.8 Å². The lowest BCUT2D eigenvalue weighted by atomic mass is 10.1. The van der Waals surface area contributed by atoms with Crippen LogP contribution in [0.1, 0.15) is 29.5 Å². The smallest absolute Gasteiger partial charge is 0.238 e. The van der Waals surface area contributed by atoms with Crippen molar-refractivity contribution in [3.63, 3.8) is 0 Å². The van der Waals surface area contributed by atoms with Crippen molar-refractivity contribution < 1.29 is 22.5 Å². The zero-order valence-electron chi connectivity index (χ0n) is 17.2. The van der Waals surface area contributed by atoms with Gasteiger partial charge in [-0.3, -0.25) is 4.79 Å². The zero-order valence-corrected chi connectivity index (χ0v) is 18.0. The van der Waals surface area contributed by atoms with Crippen molar-refractivity contribution >= 4 is 21.6 Å². The first-order chi connectivity index (χ1) is 14.7. The lowest BCUT2D eigenvalue weighted by Crippen LogP contribution is -2.24. The first kappa shape index (κ1) is 20.9. The number of hydrogen-bond donors (Lipinski definition) is 1. The molecule has 0 spiro atoms. The molecule has 0 saturated carbocycles. The minimum atomic E-state index is -3.88. The second-order valence-corrected chi connectivity index (χ2v) is 8.93. The number of carbonyl (C=O) groups is 1. The molecule has 1 aliphatic heterocycles. The number of nitrogens with zero attached hydrogens (tertiary/aromatic N) is 4. The highest BCUT2D eigenvalue weighted by atomic mass is 32.2. The van der Waals surface area contributed by atoms with Crippen molar-refractivity contribution in [2.24, 2.45) is 5.14 Å². The Morgan fingerprint density at radius 3 is 2.71 bits per heavy atom. The maximum Gasteiger partial charge on any atom is 0.238 e. The molecule has 162 valence electrons. The van der Waals surface area contributed by atoms with Crippen LogP contribution in [0.15, 0.2) is 39.8 Å². The highest BCUT2D eigenvalue weighted by molar-refractivity contribution is 7.89. The Labute approximate surface area is 179 Å². The number of benzene rings is 1. The van der Waals surface area contributed by atoms with Crippen molar-refractivity contribution in [3.8, 4) is 17.3 Å². The fraction of sp³-hybridized carbons (Fsp3) is 0.300. The second-order valence-electron chi connectivity index (χ2n) is 7.37. The van der Waals surface area contributed by atoms with E-state index >= 15 is 0 Å². The summed E-state index contributed by atoms with van der Waals surface area (Å²) >= 11 is 0. The Bertz CT molecular complexity index is 1270. The molecule has 1 saturated heterocycles. The van der Waals surface area contributed by atoms with Crippen molar-refractivity contribution in [1.29, 1.82) is 0 Å². The number of primary sulfonamides is 1. The van der Waals surface area contributed by atoms with Gasteiger partial charge in [0.25, 0.3) is 0 Å². The third kappa shape index (κ3) is 4.01. The Balaban J connectivity index is 1.62. The molecule has 4 rings (SSSR count). The van der Waals surface area contributed by atoms with E-state index in [1.165, 1.54) is 24.1 Å². The topological polar surface area (TPSA) is 142 Å². The number of amides is 1. The van der Waals surface area contributed by atoms with Crippen LogP contribution in [0.2, 0.25) is 0 Å². The average Bonchev–Trinajstić information content (AvgIpc) is 3.33. The summed E-state index contributed by atoms with van der Waals surface area (Å²) in [6, 6.07) is 7.85. The number of anilines is 1. The third-order valence-electron chi connectivity index (χ3n) is 5.10. The second kappa shape index (κ2) is 7.75. The number of ether oxygens (including phenoxy) is 1. The first-order valence-corrected chi connectivity index (χ1v) is 11.0. The number of carbonyl (C=O) groups excluding carboxylic acids is 1. The number of sulfonamides is 1. The molecule has 2 N–H and O–H groups in total. The van der Waals surface area contributed by atoms with E-state index in [4.69, 9.17) is 14.4 Å². The minimum absolute atomic E-state index is 0.0595. The number of aromatic nitrogens is 3. The van der Waals surface area contributed by atoms with Gasteiger partial charge in [0.05, 0.1) is 23.5 Å².